The third-order valence-corrected chi connectivity index (χ3v) is 16.8. The van der Waals surface area contributed by atoms with E-state index in [9.17, 15) is 0 Å². The quantitative estimate of drug-likeness (QED) is 0.144. The van der Waals surface area contributed by atoms with E-state index in [4.69, 9.17) is 8.83 Å². The van der Waals surface area contributed by atoms with E-state index in [2.05, 4.69) is 263 Å². The van der Waals surface area contributed by atoms with Crippen molar-refractivity contribution in [3.05, 3.63) is 273 Å². The molecule has 0 fully saturated rings. The second kappa shape index (κ2) is 17.7. The molecule has 0 saturated heterocycles. The maximum atomic E-state index is 6.24. The number of hydrogen-bond donors (Lipinski definition) is 0. The maximum Gasteiger partial charge on any atom is 0.135 e. The zero-order valence-corrected chi connectivity index (χ0v) is 42.9. The molecular weight excluding hydrogens is 971 g/mol. The second-order valence-electron chi connectivity index (χ2n) is 20.0. The van der Waals surface area contributed by atoms with Gasteiger partial charge in [0.1, 0.15) is 22.3 Å². The fraction of sp³-hybridized carbons (Fsp3) is 0. The molecule has 12 aromatic carbocycles. The molecule has 4 aromatic heterocycles. The summed E-state index contributed by atoms with van der Waals surface area (Å²) in [7, 11) is 0. The molecule has 0 N–H and O–H groups in total. The van der Waals surface area contributed by atoms with E-state index in [1.165, 1.54) is 47.7 Å². The normalized spacial score (nSPS) is 11.8. The lowest BCUT2D eigenvalue weighted by Gasteiger charge is -2.25. The highest BCUT2D eigenvalue weighted by molar-refractivity contribution is 7.26. The first kappa shape index (κ1) is 44.2. The molecule has 4 heterocycles. The fourth-order valence-corrected chi connectivity index (χ4v) is 13.1. The van der Waals surface area contributed by atoms with E-state index in [1.54, 1.807) is 0 Å². The molecule has 6 heteroatoms. The number of nitrogens with zero attached hydrogens (tertiary/aromatic N) is 3. The number of fused-ring (bicyclic) bond motifs is 12. The summed E-state index contributed by atoms with van der Waals surface area (Å²) in [6, 6.07) is 98.3. The predicted molar refractivity (Wildman–Crippen MR) is 328 cm³/mol. The smallest absolute Gasteiger partial charge is 0.135 e. The van der Waals surface area contributed by atoms with Crippen molar-refractivity contribution >= 4 is 131 Å². The molecule has 0 unspecified atom stereocenters. The Hall–Kier alpha value is -10.1. The van der Waals surface area contributed by atoms with Crippen molar-refractivity contribution in [3.63, 3.8) is 0 Å². The third kappa shape index (κ3) is 7.15. The molecule has 0 bridgehead atoms. The molecule has 0 radical (unpaired) electrons. The summed E-state index contributed by atoms with van der Waals surface area (Å²) in [6.45, 7) is 0. The van der Waals surface area contributed by atoms with Gasteiger partial charge in [-0.1, -0.05) is 140 Å². The largest absolute Gasteiger partial charge is 0.456 e. The van der Waals surface area contributed by atoms with Crippen molar-refractivity contribution in [1.29, 1.82) is 0 Å². The molecule has 0 amide bonds. The Kier molecular flexibility index (Phi) is 10.0. The summed E-state index contributed by atoms with van der Waals surface area (Å²) in [5.74, 6) is 0. The van der Waals surface area contributed by atoms with Crippen LogP contribution in [0.4, 0.5) is 34.1 Å². The van der Waals surface area contributed by atoms with Crippen LogP contribution in [0.15, 0.2) is 282 Å². The van der Waals surface area contributed by atoms with Gasteiger partial charge in [-0.05, 0) is 156 Å². The Bertz CT molecular complexity index is 4720. The number of anilines is 6. The predicted octanol–water partition coefficient (Wildman–Crippen LogP) is 21.2. The van der Waals surface area contributed by atoms with Gasteiger partial charge in [-0.15, -0.1) is 11.3 Å². The molecule has 0 saturated carbocycles. The minimum atomic E-state index is 0.880. The van der Waals surface area contributed by atoms with Crippen molar-refractivity contribution in [2.75, 3.05) is 9.80 Å². The fourth-order valence-electron chi connectivity index (χ4n) is 11.9. The summed E-state index contributed by atoms with van der Waals surface area (Å²) in [4.78, 5) is 4.65. The molecule has 16 rings (SSSR count). The van der Waals surface area contributed by atoms with Gasteiger partial charge in [0.05, 0.1) is 21.4 Å². The Morgan fingerprint density at radius 3 is 1.21 bits per heavy atom. The van der Waals surface area contributed by atoms with E-state index in [1.807, 2.05) is 35.6 Å². The number of furan rings is 2. The van der Waals surface area contributed by atoms with Crippen LogP contribution in [-0.2, 0) is 0 Å². The SMILES string of the molecule is c1ccc(N(c2ccc(-c3ccc4c(c3)c3cc(-c5ccc(N(c6ccccc6)c6ccc7oc8ccccc8c7c6)cc5)ccc3n4-c3cccc4c3sc3ccccc34)cc2)c2ccc3oc4ccccc4c3c2)cc1. The minimum absolute atomic E-state index is 0.880. The average Bonchev–Trinajstić information content (AvgIpc) is 4.30. The number of benzene rings is 12. The van der Waals surface area contributed by atoms with Gasteiger partial charge in [-0.2, -0.15) is 0 Å². The van der Waals surface area contributed by atoms with E-state index in [0.717, 1.165) is 100 Å². The van der Waals surface area contributed by atoms with E-state index < -0.39 is 0 Å². The van der Waals surface area contributed by atoms with Crippen LogP contribution >= 0.6 is 11.3 Å². The second-order valence-corrected chi connectivity index (χ2v) is 21.1. The Morgan fingerprint density at radius 1 is 0.269 bits per heavy atom. The summed E-state index contributed by atoms with van der Waals surface area (Å²) < 4.78 is 17.5. The Balaban J connectivity index is 0.815. The number of aromatic nitrogens is 1. The molecule has 366 valence electrons. The highest BCUT2D eigenvalue weighted by Gasteiger charge is 2.21. The van der Waals surface area contributed by atoms with E-state index >= 15 is 0 Å². The molecule has 0 aliphatic rings. The molecule has 5 nitrogen and oxygen atoms in total. The van der Waals surface area contributed by atoms with Gasteiger partial charge in [0.15, 0.2) is 0 Å². The van der Waals surface area contributed by atoms with Crippen molar-refractivity contribution in [1.82, 2.24) is 4.57 Å². The lowest BCUT2D eigenvalue weighted by atomic mass is 9.99. The van der Waals surface area contributed by atoms with Gasteiger partial charge in [0, 0.05) is 81.9 Å². The van der Waals surface area contributed by atoms with Crippen LogP contribution in [-0.4, -0.2) is 4.57 Å². The minimum Gasteiger partial charge on any atom is -0.456 e. The van der Waals surface area contributed by atoms with Crippen molar-refractivity contribution in [2.45, 2.75) is 0 Å². The van der Waals surface area contributed by atoms with Gasteiger partial charge < -0.3 is 23.2 Å². The number of para-hydroxylation sites is 4. The zero-order valence-electron chi connectivity index (χ0n) is 42.0. The van der Waals surface area contributed by atoms with Gasteiger partial charge in [-0.3, -0.25) is 0 Å². The molecule has 0 atom stereocenters. The molecule has 0 aliphatic heterocycles. The number of thiophene rings is 1. The Labute approximate surface area is 452 Å². The van der Waals surface area contributed by atoms with Gasteiger partial charge in [-0.25, -0.2) is 0 Å². The summed E-state index contributed by atoms with van der Waals surface area (Å²) in [5, 5.41) is 9.39. The monoisotopic (exact) mass is 1020 g/mol. The van der Waals surface area contributed by atoms with Crippen molar-refractivity contribution < 1.29 is 8.83 Å². The highest BCUT2D eigenvalue weighted by atomic mass is 32.1. The number of hydrogen-bond acceptors (Lipinski definition) is 5. The van der Waals surface area contributed by atoms with Gasteiger partial charge in [0.2, 0.25) is 0 Å². The van der Waals surface area contributed by atoms with Crippen LogP contribution in [0.2, 0.25) is 0 Å². The molecule has 0 spiro atoms. The lowest BCUT2D eigenvalue weighted by Crippen LogP contribution is -2.09. The first-order chi connectivity index (χ1) is 38.6. The van der Waals surface area contributed by atoms with E-state index in [0.29, 0.717) is 0 Å². The van der Waals surface area contributed by atoms with Crippen LogP contribution in [0, 0.1) is 0 Å². The van der Waals surface area contributed by atoms with Crippen molar-refractivity contribution in [2.24, 2.45) is 0 Å². The van der Waals surface area contributed by atoms with Crippen LogP contribution < -0.4 is 9.80 Å². The average molecular weight is 1020 g/mol. The molecular formula is C72H45N3O2S. The number of rotatable bonds is 9. The van der Waals surface area contributed by atoms with Crippen molar-refractivity contribution in [3.8, 4) is 27.9 Å². The topological polar surface area (TPSA) is 37.7 Å². The lowest BCUT2D eigenvalue weighted by molar-refractivity contribution is 0.668. The first-order valence-corrected chi connectivity index (χ1v) is 27.2. The van der Waals surface area contributed by atoms with Gasteiger partial charge in [0.25, 0.3) is 0 Å². The van der Waals surface area contributed by atoms with Gasteiger partial charge >= 0.3 is 0 Å². The zero-order chi connectivity index (χ0) is 51.3. The Morgan fingerprint density at radius 2 is 0.679 bits per heavy atom. The van der Waals surface area contributed by atoms with Crippen LogP contribution in [0.1, 0.15) is 0 Å². The first-order valence-electron chi connectivity index (χ1n) is 26.4. The van der Waals surface area contributed by atoms with Crippen LogP contribution in [0.5, 0.6) is 0 Å². The highest BCUT2D eigenvalue weighted by Crippen LogP contribution is 2.45. The molecule has 0 aliphatic carbocycles. The van der Waals surface area contributed by atoms with E-state index in [-0.39, 0.29) is 0 Å². The standard InChI is InChI=1S/C72H45N3O2S/c1-3-14-50(15-4-1)73(54-36-40-69-62(44-54)56-18-7-10-23-67(56)76-69)52-32-26-46(27-33-52)48-30-38-64-60(42-48)61-43-49(31-39-65(61)75(64)66-22-13-21-59-58-20-9-12-25-71(58)78-72(59)66)47-28-34-53(35-29-47)74(51-16-5-2-6-17-51)55-37-41-70-63(45-55)57-19-8-11-24-68(57)77-70/h1-45H. The van der Waals surface area contributed by atoms with Crippen LogP contribution in [0.3, 0.4) is 0 Å². The molecule has 78 heavy (non-hydrogen) atoms. The third-order valence-electron chi connectivity index (χ3n) is 15.6. The summed E-state index contributed by atoms with van der Waals surface area (Å²) >= 11 is 1.87. The van der Waals surface area contributed by atoms with Crippen LogP contribution in [0.25, 0.3) is 114 Å². The maximum absolute atomic E-state index is 6.24. The molecule has 16 aromatic rings. The summed E-state index contributed by atoms with van der Waals surface area (Å²) in [6.07, 6.45) is 0. The summed E-state index contributed by atoms with van der Waals surface area (Å²) in [5.41, 5.74) is 18.1.